The third kappa shape index (κ3) is 2.97. The van der Waals surface area contributed by atoms with Crippen LogP contribution in [0.3, 0.4) is 0 Å². The summed E-state index contributed by atoms with van der Waals surface area (Å²) in [5.41, 5.74) is -0.0110. The minimum Gasteiger partial charge on any atom is -0.441 e. The van der Waals surface area contributed by atoms with Crippen molar-refractivity contribution in [2.75, 3.05) is 18.0 Å². The molecule has 0 saturated carbocycles. The number of nitrogens with zero attached hydrogens (tertiary/aromatic N) is 1. The van der Waals surface area contributed by atoms with Crippen molar-refractivity contribution in [3.05, 3.63) is 23.5 Å². The SMILES string of the molecule is O=C1NC(=S)NC(=O)C1=Cc1ccc(N2CCCCC2)o1. The molecule has 0 radical (unpaired) electrons. The summed E-state index contributed by atoms with van der Waals surface area (Å²) >= 11 is 4.75. The van der Waals surface area contributed by atoms with E-state index in [1.807, 2.05) is 6.07 Å². The molecule has 7 heteroatoms. The highest BCUT2D eigenvalue weighted by Gasteiger charge is 2.26. The predicted octanol–water partition coefficient (Wildman–Crippen LogP) is 1.18. The van der Waals surface area contributed by atoms with Crippen molar-refractivity contribution in [1.82, 2.24) is 10.6 Å². The van der Waals surface area contributed by atoms with Gasteiger partial charge in [0, 0.05) is 19.2 Å². The van der Waals surface area contributed by atoms with Gasteiger partial charge in [-0.3, -0.25) is 20.2 Å². The van der Waals surface area contributed by atoms with E-state index in [0.29, 0.717) is 5.76 Å². The van der Waals surface area contributed by atoms with E-state index < -0.39 is 11.8 Å². The maximum Gasteiger partial charge on any atom is 0.263 e. The van der Waals surface area contributed by atoms with Crippen molar-refractivity contribution in [3.63, 3.8) is 0 Å². The second kappa shape index (κ2) is 5.69. The van der Waals surface area contributed by atoms with E-state index in [4.69, 9.17) is 16.6 Å². The molecule has 2 saturated heterocycles. The average molecular weight is 305 g/mol. The van der Waals surface area contributed by atoms with Gasteiger partial charge in [0.1, 0.15) is 11.3 Å². The molecular weight excluding hydrogens is 290 g/mol. The lowest BCUT2D eigenvalue weighted by Crippen LogP contribution is -2.51. The lowest BCUT2D eigenvalue weighted by molar-refractivity contribution is -0.123. The lowest BCUT2D eigenvalue weighted by atomic mass is 10.1. The van der Waals surface area contributed by atoms with Gasteiger partial charge in [0.25, 0.3) is 11.8 Å². The number of amides is 2. The number of rotatable bonds is 2. The summed E-state index contributed by atoms with van der Waals surface area (Å²) in [5, 5.41) is 4.80. The molecule has 3 heterocycles. The Morgan fingerprint density at radius 2 is 1.76 bits per heavy atom. The van der Waals surface area contributed by atoms with Crippen LogP contribution in [0.4, 0.5) is 5.88 Å². The van der Waals surface area contributed by atoms with Crippen LogP contribution in [0.1, 0.15) is 25.0 Å². The van der Waals surface area contributed by atoms with E-state index in [-0.39, 0.29) is 10.7 Å². The van der Waals surface area contributed by atoms with E-state index in [0.717, 1.165) is 31.8 Å². The molecular formula is C14H15N3O3S. The van der Waals surface area contributed by atoms with Gasteiger partial charge in [0.15, 0.2) is 11.0 Å². The highest BCUT2D eigenvalue weighted by Crippen LogP contribution is 2.24. The Hall–Kier alpha value is -2.15. The minimum absolute atomic E-state index is 0.0110. The molecule has 21 heavy (non-hydrogen) atoms. The van der Waals surface area contributed by atoms with Gasteiger partial charge in [-0.2, -0.15) is 0 Å². The number of carbonyl (C=O) groups is 2. The van der Waals surface area contributed by atoms with Gasteiger partial charge in [-0.15, -0.1) is 0 Å². The van der Waals surface area contributed by atoms with Crippen LogP contribution in [0.15, 0.2) is 22.1 Å². The maximum absolute atomic E-state index is 11.7. The fourth-order valence-corrected chi connectivity index (χ4v) is 2.64. The molecule has 0 aromatic carbocycles. The Kier molecular flexibility index (Phi) is 3.74. The minimum atomic E-state index is -0.514. The molecule has 2 aliphatic rings. The van der Waals surface area contributed by atoms with Gasteiger partial charge < -0.3 is 9.32 Å². The first-order valence-electron chi connectivity index (χ1n) is 6.86. The van der Waals surface area contributed by atoms with Crippen LogP contribution in [-0.4, -0.2) is 30.0 Å². The zero-order valence-corrected chi connectivity index (χ0v) is 12.2. The molecule has 3 rings (SSSR count). The van der Waals surface area contributed by atoms with Crippen LogP contribution in [0.5, 0.6) is 0 Å². The van der Waals surface area contributed by atoms with Gasteiger partial charge >= 0.3 is 0 Å². The van der Waals surface area contributed by atoms with Gasteiger partial charge in [0.2, 0.25) is 0 Å². The molecule has 6 nitrogen and oxygen atoms in total. The van der Waals surface area contributed by atoms with Crippen LogP contribution in [0.25, 0.3) is 6.08 Å². The summed E-state index contributed by atoms with van der Waals surface area (Å²) < 4.78 is 5.71. The van der Waals surface area contributed by atoms with Gasteiger partial charge in [-0.1, -0.05) is 0 Å². The molecule has 2 amide bonds. The first-order valence-corrected chi connectivity index (χ1v) is 7.27. The van der Waals surface area contributed by atoms with Crippen molar-refractivity contribution in [2.45, 2.75) is 19.3 Å². The first kappa shape index (κ1) is 13.8. The predicted molar refractivity (Wildman–Crippen MR) is 81.6 cm³/mol. The standard InChI is InChI=1S/C14H15N3O3S/c18-12-10(13(19)16-14(21)15-12)8-9-4-5-11(20-9)17-6-2-1-3-7-17/h4-5,8H,1-3,6-7H2,(H2,15,16,18,19,21). The zero-order chi connectivity index (χ0) is 14.8. The van der Waals surface area contributed by atoms with Crippen molar-refractivity contribution >= 4 is 41.1 Å². The lowest BCUT2D eigenvalue weighted by Gasteiger charge is -2.25. The normalized spacial score (nSPS) is 19.3. The van der Waals surface area contributed by atoms with Crippen LogP contribution < -0.4 is 15.5 Å². The number of furan rings is 1. The molecule has 1 aromatic rings. The molecule has 2 N–H and O–H groups in total. The monoisotopic (exact) mass is 305 g/mol. The summed E-state index contributed by atoms with van der Waals surface area (Å²) in [7, 11) is 0. The Labute approximate surface area is 127 Å². The van der Waals surface area contributed by atoms with Gasteiger partial charge in [-0.25, -0.2) is 0 Å². The van der Waals surface area contributed by atoms with Crippen LogP contribution in [0.2, 0.25) is 0 Å². The second-order valence-electron chi connectivity index (χ2n) is 5.02. The quantitative estimate of drug-likeness (QED) is 0.488. The van der Waals surface area contributed by atoms with E-state index >= 15 is 0 Å². The van der Waals surface area contributed by atoms with Crippen LogP contribution >= 0.6 is 12.2 Å². The van der Waals surface area contributed by atoms with Gasteiger partial charge in [-0.05, 0) is 43.6 Å². The summed E-state index contributed by atoms with van der Waals surface area (Å²) in [4.78, 5) is 25.7. The Balaban J connectivity index is 1.79. The van der Waals surface area contributed by atoms with Crippen molar-refractivity contribution in [3.8, 4) is 0 Å². The number of nitrogens with one attached hydrogen (secondary N) is 2. The Bertz CT molecular complexity index is 607. The highest BCUT2D eigenvalue weighted by molar-refractivity contribution is 7.80. The molecule has 0 aliphatic carbocycles. The molecule has 2 aliphatic heterocycles. The number of thiocarbonyl (C=S) groups is 1. The van der Waals surface area contributed by atoms with Crippen molar-refractivity contribution in [1.29, 1.82) is 0 Å². The van der Waals surface area contributed by atoms with E-state index in [1.54, 1.807) is 6.07 Å². The van der Waals surface area contributed by atoms with E-state index in [2.05, 4.69) is 15.5 Å². The Morgan fingerprint density at radius 1 is 1.10 bits per heavy atom. The molecule has 0 atom stereocenters. The maximum atomic E-state index is 11.7. The van der Waals surface area contributed by atoms with Gasteiger partial charge in [0.05, 0.1) is 0 Å². The number of carbonyl (C=O) groups excluding carboxylic acids is 2. The largest absolute Gasteiger partial charge is 0.441 e. The first-order chi connectivity index (χ1) is 10.1. The number of piperidine rings is 1. The smallest absolute Gasteiger partial charge is 0.263 e. The molecule has 110 valence electrons. The highest BCUT2D eigenvalue weighted by atomic mass is 32.1. The topological polar surface area (TPSA) is 74.6 Å². The second-order valence-corrected chi connectivity index (χ2v) is 5.43. The number of anilines is 1. The molecule has 1 aromatic heterocycles. The third-order valence-electron chi connectivity index (χ3n) is 3.51. The fraction of sp³-hybridized carbons (Fsp3) is 0.357. The number of hydrogen-bond acceptors (Lipinski definition) is 5. The molecule has 0 spiro atoms. The van der Waals surface area contributed by atoms with E-state index in [1.165, 1.54) is 12.5 Å². The third-order valence-corrected chi connectivity index (χ3v) is 3.71. The molecule has 0 bridgehead atoms. The average Bonchev–Trinajstić information content (AvgIpc) is 2.92. The summed E-state index contributed by atoms with van der Waals surface area (Å²) in [6.07, 6.45) is 4.98. The fourth-order valence-electron chi connectivity index (χ4n) is 2.45. The van der Waals surface area contributed by atoms with Crippen LogP contribution in [0, 0.1) is 0 Å². The molecule has 2 fully saturated rings. The number of hydrogen-bond donors (Lipinski definition) is 2. The summed E-state index contributed by atoms with van der Waals surface area (Å²) in [6, 6.07) is 3.62. The summed E-state index contributed by atoms with van der Waals surface area (Å²) in [6.45, 7) is 1.94. The zero-order valence-electron chi connectivity index (χ0n) is 11.3. The molecule has 0 unspecified atom stereocenters. The van der Waals surface area contributed by atoms with Crippen molar-refractivity contribution in [2.24, 2.45) is 0 Å². The Morgan fingerprint density at radius 3 is 2.43 bits per heavy atom. The van der Waals surface area contributed by atoms with E-state index in [9.17, 15) is 9.59 Å². The van der Waals surface area contributed by atoms with Crippen LogP contribution in [-0.2, 0) is 9.59 Å². The van der Waals surface area contributed by atoms with Crippen molar-refractivity contribution < 1.29 is 14.0 Å². The summed E-state index contributed by atoms with van der Waals surface area (Å²) in [5.74, 6) is 0.219.